The molecule has 1 aliphatic carbocycles. The summed E-state index contributed by atoms with van der Waals surface area (Å²) < 4.78 is 0. The molecule has 1 fully saturated rings. The zero-order valence-corrected chi connectivity index (χ0v) is 10.1. The Morgan fingerprint density at radius 1 is 1.24 bits per heavy atom. The van der Waals surface area contributed by atoms with Gasteiger partial charge in [-0.2, -0.15) is 0 Å². The Morgan fingerprint density at radius 2 is 1.88 bits per heavy atom. The van der Waals surface area contributed by atoms with E-state index in [1.165, 1.54) is 19.3 Å². The van der Waals surface area contributed by atoms with Gasteiger partial charge in [0.2, 0.25) is 0 Å². The summed E-state index contributed by atoms with van der Waals surface area (Å²) in [5.74, 6) is -0.346. The van der Waals surface area contributed by atoms with E-state index in [-0.39, 0.29) is 5.75 Å². The Hall–Kier alpha value is -1.51. The second kappa shape index (κ2) is 4.78. The van der Waals surface area contributed by atoms with Crippen LogP contribution in [0.1, 0.15) is 59.5 Å². The van der Waals surface area contributed by atoms with Gasteiger partial charge in [-0.15, -0.1) is 0 Å². The van der Waals surface area contributed by atoms with Crippen LogP contribution in [0.4, 0.5) is 0 Å². The Morgan fingerprint density at radius 3 is 2.47 bits per heavy atom. The molecule has 0 bridgehead atoms. The van der Waals surface area contributed by atoms with Gasteiger partial charge >= 0.3 is 5.97 Å². The number of aryl methyl sites for hydroxylation is 1. The van der Waals surface area contributed by atoms with Gasteiger partial charge in [0.25, 0.3) is 0 Å². The van der Waals surface area contributed by atoms with E-state index < -0.39 is 5.97 Å². The molecule has 0 radical (unpaired) electrons. The Kier molecular flexibility index (Phi) is 3.36. The van der Waals surface area contributed by atoms with Crippen LogP contribution < -0.4 is 0 Å². The third-order valence-corrected chi connectivity index (χ3v) is 3.65. The van der Waals surface area contributed by atoms with Gasteiger partial charge in [-0.25, -0.2) is 4.79 Å². The third kappa shape index (κ3) is 2.43. The minimum absolute atomic E-state index is 0.249. The summed E-state index contributed by atoms with van der Waals surface area (Å²) in [5.41, 5.74) is 1.74. The average molecular weight is 234 g/mol. The van der Waals surface area contributed by atoms with Crippen molar-refractivity contribution in [3.63, 3.8) is 0 Å². The molecular weight excluding hydrogens is 216 g/mol. The van der Waals surface area contributed by atoms with Gasteiger partial charge in [0, 0.05) is 0 Å². The summed E-state index contributed by atoms with van der Waals surface area (Å²) in [6.45, 7) is 1.72. The van der Waals surface area contributed by atoms with E-state index in [1.807, 2.05) is 0 Å². The standard InChI is InChI=1S/C14H18O3/c1-9-7-13(15)12(8-11(9)14(16)17)10-5-3-2-4-6-10/h7-8,10,15H,2-6H2,1H3,(H,16,17). The molecule has 0 saturated heterocycles. The van der Waals surface area contributed by atoms with Crippen LogP contribution in [0.15, 0.2) is 12.1 Å². The SMILES string of the molecule is Cc1cc(O)c(C2CCCCC2)cc1C(=O)O. The van der Waals surface area contributed by atoms with E-state index in [0.717, 1.165) is 18.4 Å². The van der Waals surface area contributed by atoms with Crippen molar-refractivity contribution < 1.29 is 15.0 Å². The molecule has 17 heavy (non-hydrogen) atoms. The highest BCUT2D eigenvalue weighted by atomic mass is 16.4. The lowest BCUT2D eigenvalue weighted by molar-refractivity contribution is 0.0696. The molecule has 0 amide bonds. The van der Waals surface area contributed by atoms with Crippen molar-refractivity contribution >= 4 is 5.97 Å². The first kappa shape index (κ1) is 12.0. The Bertz CT molecular complexity index is 431. The minimum Gasteiger partial charge on any atom is -0.508 e. The normalized spacial score (nSPS) is 17.0. The number of phenolic OH excluding ortho intramolecular Hbond substituents is 1. The molecule has 3 nitrogen and oxygen atoms in total. The maximum atomic E-state index is 11.1. The number of phenols is 1. The molecule has 0 spiro atoms. The average Bonchev–Trinajstić information content (AvgIpc) is 2.29. The summed E-state index contributed by atoms with van der Waals surface area (Å²) in [6, 6.07) is 3.23. The van der Waals surface area contributed by atoms with Gasteiger partial charge in [-0.3, -0.25) is 0 Å². The van der Waals surface area contributed by atoms with Crippen LogP contribution in [0.2, 0.25) is 0 Å². The van der Waals surface area contributed by atoms with Crippen molar-refractivity contribution in [1.82, 2.24) is 0 Å². The van der Waals surface area contributed by atoms with Crippen molar-refractivity contribution in [3.8, 4) is 5.75 Å². The Balaban J connectivity index is 2.38. The topological polar surface area (TPSA) is 57.5 Å². The smallest absolute Gasteiger partial charge is 0.335 e. The van der Waals surface area contributed by atoms with Crippen LogP contribution in [0.3, 0.4) is 0 Å². The molecule has 0 atom stereocenters. The first-order valence-corrected chi connectivity index (χ1v) is 6.16. The fraction of sp³-hybridized carbons (Fsp3) is 0.500. The van der Waals surface area contributed by atoms with E-state index in [9.17, 15) is 9.90 Å². The van der Waals surface area contributed by atoms with Gasteiger partial charge in [-0.1, -0.05) is 19.3 Å². The lowest BCUT2D eigenvalue weighted by Crippen LogP contribution is -2.08. The molecule has 0 aromatic heterocycles. The number of carboxylic acids is 1. The van der Waals surface area contributed by atoms with Gasteiger partial charge in [-0.05, 0) is 48.9 Å². The van der Waals surface area contributed by atoms with Gasteiger partial charge in [0.1, 0.15) is 5.75 Å². The molecule has 0 heterocycles. The van der Waals surface area contributed by atoms with Crippen molar-refractivity contribution in [2.45, 2.75) is 44.9 Å². The van der Waals surface area contributed by atoms with E-state index >= 15 is 0 Å². The van der Waals surface area contributed by atoms with Gasteiger partial charge in [0.15, 0.2) is 0 Å². The Labute approximate surface area is 101 Å². The molecule has 1 aliphatic rings. The van der Waals surface area contributed by atoms with E-state index in [0.29, 0.717) is 17.0 Å². The highest BCUT2D eigenvalue weighted by Gasteiger charge is 2.21. The highest BCUT2D eigenvalue weighted by Crippen LogP contribution is 2.38. The minimum atomic E-state index is -0.917. The molecular formula is C14H18O3. The molecule has 1 saturated carbocycles. The summed E-state index contributed by atoms with van der Waals surface area (Å²) >= 11 is 0. The summed E-state index contributed by atoms with van der Waals surface area (Å²) in [4.78, 5) is 11.1. The lowest BCUT2D eigenvalue weighted by Gasteiger charge is -2.23. The first-order valence-electron chi connectivity index (χ1n) is 6.16. The zero-order chi connectivity index (χ0) is 12.4. The summed E-state index contributed by atoms with van der Waals surface area (Å²) in [6.07, 6.45) is 5.68. The number of hydrogen-bond acceptors (Lipinski definition) is 2. The van der Waals surface area contributed by atoms with Crippen LogP contribution in [-0.4, -0.2) is 16.2 Å². The number of benzene rings is 1. The molecule has 3 heteroatoms. The number of rotatable bonds is 2. The molecule has 1 aromatic rings. The largest absolute Gasteiger partial charge is 0.508 e. The highest BCUT2D eigenvalue weighted by molar-refractivity contribution is 5.90. The van der Waals surface area contributed by atoms with Crippen molar-refractivity contribution in [1.29, 1.82) is 0 Å². The molecule has 2 N–H and O–H groups in total. The van der Waals surface area contributed by atoms with E-state index in [1.54, 1.807) is 19.1 Å². The van der Waals surface area contributed by atoms with E-state index in [2.05, 4.69) is 0 Å². The van der Waals surface area contributed by atoms with Crippen LogP contribution in [0, 0.1) is 6.92 Å². The number of carbonyl (C=O) groups is 1. The second-order valence-corrected chi connectivity index (χ2v) is 4.87. The van der Waals surface area contributed by atoms with Gasteiger partial charge < -0.3 is 10.2 Å². The first-order chi connectivity index (χ1) is 8.09. The monoisotopic (exact) mass is 234 g/mol. The predicted octanol–water partition coefficient (Wildman–Crippen LogP) is 3.45. The number of carboxylic acid groups (broad SMARTS) is 1. The fourth-order valence-corrected chi connectivity index (χ4v) is 2.68. The molecule has 1 aromatic carbocycles. The van der Waals surface area contributed by atoms with E-state index in [4.69, 9.17) is 5.11 Å². The second-order valence-electron chi connectivity index (χ2n) is 4.87. The fourth-order valence-electron chi connectivity index (χ4n) is 2.68. The third-order valence-electron chi connectivity index (χ3n) is 3.65. The quantitative estimate of drug-likeness (QED) is 0.824. The summed E-state index contributed by atoms with van der Waals surface area (Å²) in [7, 11) is 0. The number of hydrogen-bond donors (Lipinski definition) is 2. The van der Waals surface area contributed by atoms with Crippen LogP contribution in [0.25, 0.3) is 0 Å². The summed E-state index contributed by atoms with van der Waals surface area (Å²) in [5, 5.41) is 19.1. The number of aromatic hydroxyl groups is 1. The lowest BCUT2D eigenvalue weighted by atomic mass is 9.82. The van der Waals surface area contributed by atoms with Crippen LogP contribution in [-0.2, 0) is 0 Å². The molecule has 2 rings (SSSR count). The molecule has 0 aliphatic heterocycles. The van der Waals surface area contributed by atoms with Crippen LogP contribution in [0.5, 0.6) is 5.75 Å². The van der Waals surface area contributed by atoms with Crippen molar-refractivity contribution in [2.75, 3.05) is 0 Å². The van der Waals surface area contributed by atoms with Crippen LogP contribution >= 0.6 is 0 Å². The number of aromatic carboxylic acids is 1. The maximum absolute atomic E-state index is 11.1. The molecule has 0 unspecified atom stereocenters. The zero-order valence-electron chi connectivity index (χ0n) is 10.1. The van der Waals surface area contributed by atoms with Crippen molar-refractivity contribution in [2.24, 2.45) is 0 Å². The van der Waals surface area contributed by atoms with Gasteiger partial charge in [0.05, 0.1) is 5.56 Å². The van der Waals surface area contributed by atoms with Crippen molar-refractivity contribution in [3.05, 3.63) is 28.8 Å². The molecule has 92 valence electrons. The maximum Gasteiger partial charge on any atom is 0.335 e. The predicted molar refractivity (Wildman–Crippen MR) is 65.6 cm³/mol.